The van der Waals surface area contributed by atoms with E-state index in [0.29, 0.717) is 35.9 Å². The van der Waals surface area contributed by atoms with E-state index in [4.69, 9.17) is 4.84 Å². The molecule has 0 saturated carbocycles. The van der Waals surface area contributed by atoms with Crippen molar-refractivity contribution in [2.24, 2.45) is 7.05 Å². The monoisotopic (exact) mass is 407 g/mol. The van der Waals surface area contributed by atoms with Crippen molar-refractivity contribution >= 4 is 17.7 Å². The van der Waals surface area contributed by atoms with Gasteiger partial charge in [0.1, 0.15) is 5.82 Å². The highest BCUT2D eigenvalue weighted by Gasteiger charge is 2.23. The number of carbonyl (C=O) groups excluding carboxylic acids is 1. The Morgan fingerprint density at radius 1 is 1.32 bits per heavy atom. The molecule has 1 aromatic carbocycles. The first-order valence-electron chi connectivity index (χ1n) is 9.26. The van der Waals surface area contributed by atoms with Gasteiger partial charge in [-0.3, -0.25) is 19.0 Å². The molecule has 0 aliphatic heterocycles. The summed E-state index contributed by atoms with van der Waals surface area (Å²) in [5, 5.41) is 0.0763. The lowest BCUT2D eigenvalue weighted by molar-refractivity contribution is -0.132. The summed E-state index contributed by atoms with van der Waals surface area (Å²) < 4.78 is 14.6. The van der Waals surface area contributed by atoms with Gasteiger partial charge in [-0.25, -0.2) is 14.9 Å². The van der Waals surface area contributed by atoms with Gasteiger partial charge in [0.2, 0.25) is 0 Å². The van der Waals surface area contributed by atoms with Crippen LogP contribution in [-0.4, -0.2) is 27.3 Å². The molecule has 0 fully saturated rings. The second-order valence-electron chi connectivity index (χ2n) is 6.42. The minimum atomic E-state index is -0.406. The number of aromatic nitrogens is 2. The molecule has 6 nitrogen and oxygen atoms in total. The molecule has 1 amide bonds. The third kappa shape index (κ3) is 5.65. The summed E-state index contributed by atoms with van der Waals surface area (Å²) in [6, 6.07) is 6.07. The van der Waals surface area contributed by atoms with E-state index in [-0.39, 0.29) is 17.3 Å². The van der Waals surface area contributed by atoms with Crippen molar-refractivity contribution in [2.45, 2.75) is 50.4 Å². The average molecular weight is 408 g/mol. The fourth-order valence-electron chi connectivity index (χ4n) is 2.69. The van der Waals surface area contributed by atoms with E-state index < -0.39 is 5.25 Å². The number of hydrogen-bond donors (Lipinski definition) is 1. The van der Waals surface area contributed by atoms with Gasteiger partial charge in [0.05, 0.1) is 11.9 Å². The zero-order chi connectivity index (χ0) is 20.7. The first kappa shape index (κ1) is 22.1. The van der Waals surface area contributed by atoms with Crippen LogP contribution in [0.4, 0.5) is 4.39 Å². The first-order valence-corrected chi connectivity index (χ1v) is 10.1. The van der Waals surface area contributed by atoms with Crippen LogP contribution in [0.3, 0.4) is 0 Å². The maximum Gasteiger partial charge on any atom is 0.257 e. The molecule has 0 radical (unpaired) electrons. The fourth-order valence-corrected chi connectivity index (χ4v) is 3.88. The molecule has 0 bridgehead atoms. The summed E-state index contributed by atoms with van der Waals surface area (Å²) in [4.78, 5) is 34.8. The molecule has 2 aromatic rings. The number of benzene rings is 1. The summed E-state index contributed by atoms with van der Waals surface area (Å²) in [5.74, 6) is -0.554. The largest absolute Gasteiger partial charge is 0.290 e. The maximum atomic E-state index is 13.1. The maximum absolute atomic E-state index is 13.1. The van der Waals surface area contributed by atoms with E-state index in [2.05, 4.69) is 10.5 Å². The normalized spacial score (nSPS) is 12.0. The van der Waals surface area contributed by atoms with E-state index in [1.54, 1.807) is 33.0 Å². The number of aryl methyl sites for hydroxylation is 1. The molecule has 1 atom stereocenters. The molecule has 0 saturated heterocycles. The second kappa shape index (κ2) is 10.4. The number of amides is 1. The molecule has 1 unspecified atom stereocenters. The van der Waals surface area contributed by atoms with Gasteiger partial charge < -0.3 is 0 Å². The topological polar surface area (TPSA) is 73.2 Å². The van der Waals surface area contributed by atoms with Gasteiger partial charge in [-0.15, -0.1) is 0 Å². The minimum Gasteiger partial charge on any atom is -0.290 e. The Bertz CT molecular complexity index is 868. The molecule has 28 heavy (non-hydrogen) atoms. The van der Waals surface area contributed by atoms with Crippen molar-refractivity contribution in [1.29, 1.82) is 0 Å². The Morgan fingerprint density at radius 3 is 2.61 bits per heavy atom. The van der Waals surface area contributed by atoms with Gasteiger partial charge in [0, 0.05) is 24.7 Å². The van der Waals surface area contributed by atoms with E-state index in [1.807, 2.05) is 6.92 Å². The summed E-state index contributed by atoms with van der Waals surface area (Å²) in [6.07, 6.45) is 1.82. The first-order chi connectivity index (χ1) is 13.4. The standard InChI is InChI=1S/C20H26FN3O3S/c1-5-7-17(18(25)23-27-6-2)28-20-22-13(3)16(19(26)24(20)4)12-14-8-10-15(21)11-9-14/h8-11,17H,5-7,12H2,1-4H3,(H,23,25). The molecule has 0 spiro atoms. The van der Waals surface area contributed by atoms with E-state index >= 15 is 0 Å². The van der Waals surface area contributed by atoms with Crippen LogP contribution in [0, 0.1) is 12.7 Å². The molecule has 1 aromatic heterocycles. The molecular formula is C20H26FN3O3S. The summed E-state index contributed by atoms with van der Waals surface area (Å²) in [6.45, 7) is 5.93. The Hall–Kier alpha value is -2.19. The van der Waals surface area contributed by atoms with E-state index in [9.17, 15) is 14.0 Å². The van der Waals surface area contributed by atoms with Crippen LogP contribution < -0.4 is 11.0 Å². The predicted octanol–water partition coefficient (Wildman–Crippen LogP) is 3.15. The van der Waals surface area contributed by atoms with Crippen LogP contribution in [0.2, 0.25) is 0 Å². The van der Waals surface area contributed by atoms with Crippen molar-refractivity contribution in [2.75, 3.05) is 6.61 Å². The third-order valence-electron chi connectivity index (χ3n) is 4.25. The Morgan fingerprint density at radius 2 is 2.00 bits per heavy atom. The number of carbonyl (C=O) groups is 1. The van der Waals surface area contributed by atoms with Crippen molar-refractivity contribution in [3.63, 3.8) is 0 Å². The van der Waals surface area contributed by atoms with E-state index in [0.717, 1.165) is 12.0 Å². The van der Waals surface area contributed by atoms with Crippen LogP contribution in [0.5, 0.6) is 0 Å². The van der Waals surface area contributed by atoms with Crippen molar-refractivity contribution in [3.05, 3.63) is 57.3 Å². The molecular weight excluding hydrogens is 381 g/mol. The Balaban J connectivity index is 2.27. The highest BCUT2D eigenvalue weighted by molar-refractivity contribution is 8.00. The van der Waals surface area contributed by atoms with E-state index in [1.165, 1.54) is 28.5 Å². The van der Waals surface area contributed by atoms with Crippen LogP contribution in [0.25, 0.3) is 0 Å². The quantitative estimate of drug-likeness (QED) is 0.393. The number of thioether (sulfide) groups is 1. The van der Waals surface area contributed by atoms with Gasteiger partial charge in [-0.05, 0) is 38.0 Å². The number of hydrogen-bond acceptors (Lipinski definition) is 5. The van der Waals surface area contributed by atoms with Crippen LogP contribution in [0.1, 0.15) is 43.5 Å². The predicted molar refractivity (Wildman–Crippen MR) is 108 cm³/mol. The summed E-state index contributed by atoms with van der Waals surface area (Å²) in [5.41, 5.74) is 4.27. The van der Waals surface area contributed by atoms with Crippen LogP contribution in [-0.2, 0) is 23.1 Å². The zero-order valence-corrected chi connectivity index (χ0v) is 17.4. The number of rotatable bonds is 9. The van der Waals surface area contributed by atoms with Crippen molar-refractivity contribution < 1.29 is 14.0 Å². The van der Waals surface area contributed by atoms with Crippen LogP contribution >= 0.6 is 11.8 Å². The summed E-state index contributed by atoms with van der Waals surface area (Å²) in [7, 11) is 1.65. The average Bonchev–Trinajstić information content (AvgIpc) is 2.68. The lowest BCUT2D eigenvalue weighted by atomic mass is 10.1. The van der Waals surface area contributed by atoms with Crippen LogP contribution in [0.15, 0.2) is 34.2 Å². The molecule has 1 N–H and O–H groups in total. The Labute approximate surface area is 168 Å². The molecule has 2 rings (SSSR count). The lowest BCUT2D eigenvalue weighted by Gasteiger charge is -2.17. The summed E-state index contributed by atoms with van der Waals surface area (Å²) >= 11 is 1.25. The molecule has 8 heteroatoms. The molecule has 0 aliphatic rings. The molecule has 152 valence electrons. The minimum absolute atomic E-state index is 0.167. The number of nitrogens with one attached hydrogen (secondary N) is 1. The number of nitrogens with zero attached hydrogens (tertiary/aromatic N) is 2. The molecule has 1 heterocycles. The van der Waals surface area contributed by atoms with Gasteiger partial charge in [0.25, 0.3) is 11.5 Å². The van der Waals surface area contributed by atoms with Crippen molar-refractivity contribution in [1.82, 2.24) is 15.0 Å². The van der Waals surface area contributed by atoms with Gasteiger partial charge in [0.15, 0.2) is 5.16 Å². The number of hydroxylamine groups is 1. The smallest absolute Gasteiger partial charge is 0.257 e. The molecule has 0 aliphatic carbocycles. The van der Waals surface area contributed by atoms with Gasteiger partial charge >= 0.3 is 0 Å². The van der Waals surface area contributed by atoms with Gasteiger partial charge in [-0.1, -0.05) is 37.2 Å². The Kier molecular flexibility index (Phi) is 8.19. The second-order valence-corrected chi connectivity index (χ2v) is 7.59. The highest BCUT2D eigenvalue weighted by Crippen LogP contribution is 2.25. The number of halogens is 1. The highest BCUT2D eigenvalue weighted by atomic mass is 32.2. The third-order valence-corrected chi connectivity index (χ3v) is 5.56. The fraction of sp³-hybridized carbons (Fsp3) is 0.450. The van der Waals surface area contributed by atoms with Gasteiger partial charge in [-0.2, -0.15) is 0 Å². The van der Waals surface area contributed by atoms with Crippen molar-refractivity contribution in [3.8, 4) is 0 Å². The zero-order valence-electron chi connectivity index (χ0n) is 16.6. The lowest BCUT2D eigenvalue weighted by Crippen LogP contribution is -2.34. The SMILES string of the molecule is CCCC(Sc1nc(C)c(Cc2ccc(F)cc2)c(=O)n1C)C(=O)NOCC.